The molecule has 0 amide bonds. The zero-order chi connectivity index (χ0) is 26.9. The van der Waals surface area contributed by atoms with Crippen molar-refractivity contribution in [2.45, 2.75) is 25.8 Å². The first kappa shape index (κ1) is 25.5. The van der Waals surface area contributed by atoms with Crippen LogP contribution < -0.4 is 4.74 Å². The number of aromatic nitrogens is 6. The minimum Gasteiger partial charge on any atom is -0.475 e. The second kappa shape index (κ2) is 10.7. The fraction of sp³-hybridized carbons (Fsp3) is 0.400. The maximum absolute atomic E-state index is 6.36. The Morgan fingerprint density at radius 1 is 1.10 bits per heavy atom. The Morgan fingerprint density at radius 3 is 2.62 bits per heavy atom. The van der Waals surface area contributed by atoms with Crippen LogP contribution in [0.2, 0.25) is 0 Å². The van der Waals surface area contributed by atoms with Crippen molar-refractivity contribution in [3.05, 3.63) is 66.1 Å². The predicted octanol–water partition coefficient (Wildman–Crippen LogP) is 4.64. The highest BCUT2D eigenvalue weighted by Crippen LogP contribution is 2.43. The number of hydrogen-bond donors (Lipinski definition) is 0. The molecular formula is C30H35N7O2. The summed E-state index contributed by atoms with van der Waals surface area (Å²) in [6.45, 7) is 4.86. The summed E-state index contributed by atoms with van der Waals surface area (Å²) in [6, 6.07) is 15.1. The van der Waals surface area contributed by atoms with Crippen LogP contribution in [0.3, 0.4) is 0 Å². The summed E-state index contributed by atoms with van der Waals surface area (Å²) in [4.78, 5) is 11.9. The van der Waals surface area contributed by atoms with E-state index >= 15 is 0 Å². The fourth-order valence-corrected chi connectivity index (χ4v) is 5.84. The Morgan fingerprint density at radius 2 is 1.90 bits per heavy atom. The van der Waals surface area contributed by atoms with Crippen LogP contribution in [0.15, 0.2) is 54.9 Å². The van der Waals surface area contributed by atoms with E-state index in [9.17, 15) is 0 Å². The van der Waals surface area contributed by atoms with Crippen molar-refractivity contribution in [2.75, 3.05) is 40.5 Å². The third-order valence-corrected chi connectivity index (χ3v) is 7.69. The van der Waals surface area contributed by atoms with Gasteiger partial charge >= 0.3 is 0 Å². The lowest BCUT2D eigenvalue weighted by Gasteiger charge is -2.33. The van der Waals surface area contributed by atoms with Gasteiger partial charge in [0.15, 0.2) is 0 Å². The minimum absolute atomic E-state index is 0.0679. The predicted molar refractivity (Wildman–Crippen MR) is 152 cm³/mol. The Kier molecular flexibility index (Phi) is 7.01. The van der Waals surface area contributed by atoms with E-state index in [0.29, 0.717) is 18.4 Å². The van der Waals surface area contributed by atoms with Crippen LogP contribution >= 0.6 is 0 Å². The topological polar surface area (TPSA) is 83.1 Å². The number of aryl methyl sites for hydroxylation is 2. The third-order valence-electron chi connectivity index (χ3n) is 7.69. The fourth-order valence-electron chi connectivity index (χ4n) is 5.84. The van der Waals surface area contributed by atoms with Crippen LogP contribution in [-0.4, -0.2) is 74.9 Å². The summed E-state index contributed by atoms with van der Waals surface area (Å²) in [7, 11) is 6.02. The molecule has 202 valence electrons. The molecular weight excluding hydrogens is 490 g/mol. The molecule has 0 spiro atoms. The highest BCUT2D eigenvalue weighted by molar-refractivity contribution is 6.08. The van der Waals surface area contributed by atoms with Crippen LogP contribution in [0.5, 0.6) is 5.88 Å². The van der Waals surface area contributed by atoms with Crippen LogP contribution in [0.4, 0.5) is 0 Å². The van der Waals surface area contributed by atoms with E-state index in [4.69, 9.17) is 19.4 Å². The first-order chi connectivity index (χ1) is 19.0. The molecule has 1 saturated heterocycles. The molecule has 5 heterocycles. The summed E-state index contributed by atoms with van der Waals surface area (Å²) < 4.78 is 16.4. The van der Waals surface area contributed by atoms with Crippen LogP contribution in [0.25, 0.3) is 33.2 Å². The number of fused-ring (bicyclic) bond motifs is 3. The number of nitrogens with zero attached hydrogens (tertiary/aromatic N) is 7. The van der Waals surface area contributed by atoms with Gasteiger partial charge < -0.3 is 18.9 Å². The molecule has 0 saturated carbocycles. The third kappa shape index (κ3) is 4.77. The molecule has 1 atom stereocenters. The summed E-state index contributed by atoms with van der Waals surface area (Å²) in [6.07, 6.45) is 5.72. The molecule has 9 heteroatoms. The Labute approximate surface area is 228 Å². The maximum atomic E-state index is 6.36. The van der Waals surface area contributed by atoms with Gasteiger partial charge in [-0.3, -0.25) is 4.98 Å². The van der Waals surface area contributed by atoms with Crippen molar-refractivity contribution in [1.29, 1.82) is 0 Å². The second-order valence-corrected chi connectivity index (χ2v) is 10.6. The van der Waals surface area contributed by atoms with Crippen LogP contribution in [-0.2, 0) is 11.8 Å². The van der Waals surface area contributed by atoms with Crippen molar-refractivity contribution < 1.29 is 9.47 Å². The molecule has 5 aromatic rings. The van der Waals surface area contributed by atoms with Crippen molar-refractivity contribution in [3.63, 3.8) is 0 Å². The Bertz CT molecular complexity index is 1570. The van der Waals surface area contributed by atoms with E-state index in [2.05, 4.69) is 62.2 Å². The molecule has 1 aliphatic heterocycles. The van der Waals surface area contributed by atoms with Crippen molar-refractivity contribution in [2.24, 2.45) is 13.0 Å². The molecule has 0 bridgehead atoms. The van der Waals surface area contributed by atoms with Gasteiger partial charge in [-0.1, -0.05) is 35.5 Å². The molecule has 4 aromatic heterocycles. The summed E-state index contributed by atoms with van der Waals surface area (Å²) in [5.41, 5.74) is 7.05. The minimum atomic E-state index is 0.0679. The highest BCUT2D eigenvalue weighted by atomic mass is 16.5. The second-order valence-electron chi connectivity index (χ2n) is 10.6. The number of pyridine rings is 2. The van der Waals surface area contributed by atoms with Gasteiger partial charge in [0.2, 0.25) is 5.88 Å². The van der Waals surface area contributed by atoms with Crippen molar-refractivity contribution in [3.8, 4) is 17.1 Å². The van der Waals surface area contributed by atoms with Gasteiger partial charge in [-0.15, -0.1) is 5.10 Å². The lowest BCUT2D eigenvalue weighted by molar-refractivity contribution is 0.0552. The quantitative estimate of drug-likeness (QED) is 0.292. The van der Waals surface area contributed by atoms with Gasteiger partial charge in [-0.05, 0) is 57.5 Å². The van der Waals surface area contributed by atoms with E-state index in [1.165, 1.54) is 5.56 Å². The monoisotopic (exact) mass is 525 g/mol. The molecule has 0 aliphatic carbocycles. The van der Waals surface area contributed by atoms with Gasteiger partial charge in [-0.25, -0.2) is 9.67 Å². The van der Waals surface area contributed by atoms with Crippen LogP contribution in [0.1, 0.15) is 30.1 Å². The normalized spacial score (nSPS) is 15.4. The van der Waals surface area contributed by atoms with Gasteiger partial charge in [0.1, 0.15) is 12.1 Å². The number of rotatable bonds is 8. The molecule has 9 nitrogen and oxygen atoms in total. The SMILES string of the molecule is Cc1nnn(C)c1-c1cnc2c3ccnc(OCCN(C)C)c3n(C(c3ccccc3)C3CCOCC3)c2c1. The standard InChI is InChI=1S/C30H35N7O2/c1-20-27(36(4)34-33-20)23-18-25-26(32-19-23)24-10-13-31-30(39-17-14-35(2)3)29(24)37(25)28(21-8-6-5-7-9-21)22-11-15-38-16-12-22/h5-10,13,18-19,22,28H,11-12,14-17H2,1-4H3. The van der Waals surface area contributed by atoms with Gasteiger partial charge in [0, 0.05) is 50.1 Å². The first-order valence-corrected chi connectivity index (χ1v) is 13.6. The van der Waals surface area contributed by atoms with E-state index in [0.717, 1.165) is 71.5 Å². The lowest BCUT2D eigenvalue weighted by atomic mass is 9.86. The van der Waals surface area contributed by atoms with E-state index < -0.39 is 0 Å². The summed E-state index contributed by atoms with van der Waals surface area (Å²) >= 11 is 0. The van der Waals surface area contributed by atoms with E-state index in [1.807, 2.05) is 45.1 Å². The zero-order valence-electron chi connectivity index (χ0n) is 23.0. The van der Waals surface area contributed by atoms with Gasteiger partial charge in [0.05, 0.1) is 28.5 Å². The number of hydrogen-bond acceptors (Lipinski definition) is 7. The summed E-state index contributed by atoms with van der Waals surface area (Å²) in [5.74, 6) is 1.03. The van der Waals surface area contributed by atoms with Crippen molar-refractivity contribution >= 4 is 21.9 Å². The number of ether oxygens (including phenoxy) is 2. The molecule has 6 rings (SSSR count). The molecule has 39 heavy (non-hydrogen) atoms. The molecule has 1 fully saturated rings. The Hall–Kier alpha value is -3.82. The number of likely N-dealkylation sites (N-methyl/N-ethyl adjacent to an activating group) is 1. The zero-order valence-corrected chi connectivity index (χ0v) is 23.0. The smallest absolute Gasteiger partial charge is 0.238 e. The van der Waals surface area contributed by atoms with Crippen LogP contribution in [0, 0.1) is 12.8 Å². The molecule has 1 unspecified atom stereocenters. The first-order valence-electron chi connectivity index (χ1n) is 13.6. The largest absolute Gasteiger partial charge is 0.475 e. The van der Waals surface area contributed by atoms with E-state index in [-0.39, 0.29) is 6.04 Å². The van der Waals surface area contributed by atoms with Gasteiger partial charge in [-0.2, -0.15) is 0 Å². The van der Waals surface area contributed by atoms with E-state index in [1.54, 1.807) is 0 Å². The molecule has 1 aromatic carbocycles. The summed E-state index contributed by atoms with van der Waals surface area (Å²) in [5, 5.41) is 9.57. The highest BCUT2D eigenvalue weighted by Gasteiger charge is 2.31. The average molecular weight is 526 g/mol. The maximum Gasteiger partial charge on any atom is 0.238 e. The van der Waals surface area contributed by atoms with Crippen molar-refractivity contribution in [1.82, 2.24) is 34.4 Å². The number of benzene rings is 1. The van der Waals surface area contributed by atoms with Gasteiger partial charge in [0.25, 0.3) is 0 Å². The Balaban J connectivity index is 1.64. The molecule has 1 aliphatic rings. The molecule has 0 N–H and O–H groups in total. The lowest BCUT2D eigenvalue weighted by Crippen LogP contribution is -2.27. The molecule has 0 radical (unpaired) electrons. The average Bonchev–Trinajstić information content (AvgIpc) is 3.46.